The molecule has 0 saturated carbocycles. The summed E-state index contributed by atoms with van der Waals surface area (Å²) in [6.07, 6.45) is 0. The molecule has 1 rings (SSSR count). The van der Waals surface area contributed by atoms with Gasteiger partial charge in [0.2, 0.25) is 0 Å². The van der Waals surface area contributed by atoms with Crippen molar-refractivity contribution < 1.29 is 4.92 Å². The molecule has 0 heterocycles. The highest BCUT2D eigenvalue weighted by Crippen LogP contribution is 2.14. The molecule has 3 nitrogen and oxygen atoms in total. The molecule has 0 aliphatic carbocycles. The van der Waals surface area contributed by atoms with Crippen LogP contribution in [0.25, 0.3) is 0 Å². The Balaban J connectivity index is 3.12. The first-order chi connectivity index (χ1) is 5.61. The molecule has 0 aliphatic heterocycles. The van der Waals surface area contributed by atoms with Gasteiger partial charge in [0.05, 0.1) is 9.12 Å². The van der Waals surface area contributed by atoms with Crippen LogP contribution in [-0.4, -0.2) is 9.12 Å². The van der Waals surface area contributed by atoms with Crippen LogP contribution >= 0.6 is 24.8 Å². The van der Waals surface area contributed by atoms with Gasteiger partial charge in [0.1, 0.15) is 0 Å². The smallest absolute Gasteiger partial charge is 0.258 e. The minimum Gasteiger partial charge on any atom is -0.258 e. The molecule has 1 aromatic carbocycles. The number of non-ortho nitro benzene ring substituents is 1. The molecule has 0 saturated heterocycles. The van der Waals surface area contributed by atoms with Crippen LogP contribution in [0.5, 0.6) is 0 Å². The van der Waals surface area contributed by atoms with Crippen molar-refractivity contribution in [3.05, 3.63) is 39.9 Å². The second-order valence-electron chi connectivity index (χ2n) is 2.11. The lowest BCUT2D eigenvalue weighted by molar-refractivity contribution is -0.384. The van der Waals surface area contributed by atoms with Gasteiger partial charge in [-0.2, -0.15) is 0 Å². The first-order valence-corrected chi connectivity index (χ1v) is 3.94. The first kappa shape index (κ1) is 9.15. The molecule has 12 heavy (non-hydrogen) atoms. The highest BCUT2D eigenvalue weighted by atomic mass is 32.1. The summed E-state index contributed by atoms with van der Waals surface area (Å²) in [5, 5.41) is 10.3. The zero-order valence-corrected chi connectivity index (χ0v) is 7.64. The van der Waals surface area contributed by atoms with E-state index < -0.39 is 4.92 Å². The fourth-order valence-electron chi connectivity index (χ4n) is 0.753. The monoisotopic (exact) mass is 199 g/mol. The van der Waals surface area contributed by atoms with Crippen LogP contribution in [0.3, 0.4) is 0 Å². The Bertz CT molecular complexity index is 309. The molecule has 0 aliphatic rings. The standard InChI is InChI=1S/C7H5NO2S2/c9-8(10)6-3-1-2-5(4-6)7(11)12/h1-4H,(H,11,12). The number of hydrogen-bond donors (Lipinski definition) is 1. The lowest BCUT2D eigenvalue weighted by Crippen LogP contribution is -1.91. The lowest BCUT2D eigenvalue weighted by atomic mass is 10.2. The van der Waals surface area contributed by atoms with Crippen molar-refractivity contribution in [2.45, 2.75) is 0 Å². The van der Waals surface area contributed by atoms with E-state index in [1.54, 1.807) is 12.1 Å². The number of nitrogens with zero attached hydrogens (tertiary/aromatic N) is 1. The highest BCUT2D eigenvalue weighted by molar-refractivity contribution is 8.11. The average Bonchev–Trinajstić information content (AvgIpc) is 2.04. The predicted octanol–water partition coefficient (Wildman–Crippen LogP) is 2.20. The Kier molecular flexibility index (Phi) is 2.78. The lowest BCUT2D eigenvalue weighted by Gasteiger charge is -1.95. The van der Waals surface area contributed by atoms with Gasteiger partial charge in [-0.15, -0.1) is 12.6 Å². The summed E-state index contributed by atoms with van der Waals surface area (Å²) in [6.45, 7) is 0. The molecule has 1 aromatic rings. The number of nitro benzene ring substituents is 1. The summed E-state index contributed by atoms with van der Waals surface area (Å²) in [5.41, 5.74) is 0.631. The summed E-state index contributed by atoms with van der Waals surface area (Å²) >= 11 is 8.66. The van der Waals surface area contributed by atoms with Crippen molar-refractivity contribution >= 4 is 34.7 Å². The molecular weight excluding hydrogens is 194 g/mol. The number of hydrogen-bond acceptors (Lipinski definition) is 3. The summed E-state index contributed by atoms with van der Waals surface area (Å²) < 4.78 is 0.360. The van der Waals surface area contributed by atoms with Crippen molar-refractivity contribution in [3.63, 3.8) is 0 Å². The van der Waals surface area contributed by atoms with Crippen molar-refractivity contribution in [1.82, 2.24) is 0 Å². The normalized spacial score (nSPS) is 9.42. The summed E-state index contributed by atoms with van der Waals surface area (Å²) in [7, 11) is 0. The van der Waals surface area contributed by atoms with E-state index in [4.69, 9.17) is 12.2 Å². The Labute approximate surface area is 80.0 Å². The molecule has 0 atom stereocenters. The second-order valence-corrected chi connectivity index (χ2v) is 3.27. The van der Waals surface area contributed by atoms with E-state index >= 15 is 0 Å². The minimum absolute atomic E-state index is 0.0314. The summed E-state index contributed by atoms with van der Waals surface area (Å²) in [5.74, 6) is 0. The molecule has 0 aromatic heterocycles. The Morgan fingerprint density at radius 1 is 1.58 bits per heavy atom. The van der Waals surface area contributed by atoms with Crippen LogP contribution in [0, 0.1) is 10.1 Å². The Hall–Kier alpha value is -0.940. The average molecular weight is 199 g/mol. The molecule has 5 heteroatoms. The van der Waals surface area contributed by atoms with Gasteiger partial charge in [0, 0.05) is 17.7 Å². The maximum Gasteiger partial charge on any atom is 0.270 e. The fourth-order valence-corrected chi connectivity index (χ4v) is 1.02. The van der Waals surface area contributed by atoms with E-state index in [1.165, 1.54) is 12.1 Å². The van der Waals surface area contributed by atoms with Crippen LogP contribution < -0.4 is 0 Å². The molecule has 0 bridgehead atoms. The van der Waals surface area contributed by atoms with Crippen LogP contribution in [0.2, 0.25) is 0 Å². The number of thiol groups is 1. The number of nitro groups is 1. The van der Waals surface area contributed by atoms with Crippen molar-refractivity contribution in [2.24, 2.45) is 0 Å². The zero-order valence-electron chi connectivity index (χ0n) is 5.93. The van der Waals surface area contributed by atoms with Gasteiger partial charge in [-0.3, -0.25) is 10.1 Å². The van der Waals surface area contributed by atoms with E-state index in [0.717, 1.165) is 0 Å². The van der Waals surface area contributed by atoms with E-state index in [9.17, 15) is 10.1 Å². The number of rotatable bonds is 2. The van der Waals surface area contributed by atoms with E-state index in [-0.39, 0.29) is 5.69 Å². The third kappa shape index (κ3) is 2.02. The Morgan fingerprint density at radius 2 is 2.25 bits per heavy atom. The summed E-state index contributed by atoms with van der Waals surface area (Å²) in [6, 6.07) is 6.07. The van der Waals surface area contributed by atoms with E-state index in [1.807, 2.05) is 0 Å². The van der Waals surface area contributed by atoms with Gasteiger partial charge in [0.25, 0.3) is 5.69 Å². The van der Waals surface area contributed by atoms with Crippen molar-refractivity contribution in [1.29, 1.82) is 0 Å². The molecule has 0 unspecified atom stereocenters. The molecule has 0 N–H and O–H groups in total. The molecule has 0 amide bonds. The van der Waals surface area contributed by atoms with Gasteiger partial charge in [-0.1, -0.05) is 24.4 Å². The largest absolute Gasteiger partial charge is 0.270 e. The fraction of sp³-hybridized carbons (Fsp3) is 0. The van der Waals surface area contributed by atoms with Gasteiger partial charge in [0.15, 0.2) is 0 Å². The number of benzene rings is 1. The molecule has 0 fully saturated rings. The third-order valence-corrected chi connectivity index (χ3v) is 1.80. The number of thiocarbonyl (C=S) groups is 1. The predicted molar refractivity (Wildman–Crippen MR) is 53.8 cm³/mol. The molecule has 0 radical (unpaired) electrons. The van der Waals surface area contributed by atoms with Crippen molar-refractivity contribution in [3.8, 4) is 0 Å². The first-order valence-electron chi connectivity index (χ1n) is 3.09. The van der Waals surface area contributed by atoms with Gasteiger partial charge in [-0.05, 0) is 0 Å². The maximum absolute atomic E-state index is 10.3. The van der Waals surface area contributed by atoms with Crippen molar-refractivity contribution in [2.75, 3.05) is 0 Å². The highest BCUT2D eigenvalue weighted by Gasteiger charge is 2.05. The van der Waals surface area contributed by atoms with Crippen LogP contribution in [-0.2, 0) is 0 Å². The Morgan fingerprint density at radius 3 is 2.75 bits per heavy atom. The topological polar surface area (TPSA) is 43.1 Å². The second kappa shape index (κ2) is 3.64. The molecular formula is C7H5NO2S2. The summed E-state index contributed by atoms with van der Waals surface area (Å²) in [4.78, 5) is 9.85. The van der Waals surface area contributed by atoms with E-state index in [0.29, 0.717) is 9.76 Å². The quantitative estimate of drug-likeness (QED) is 0.343. The van der Waals surface area contributed by atoms with Gasteiger partial charge in [-0.25, -0.2) is 0 Å². The van der Waals surface area contributed by atoms with Crippen LogP contribution in [0.4, 0.5) is 5.69 Å². The third-order valence-electron chi connectivity index (χ3n) is 1.30. The van der Waals surface area contributed by atoms with Gasteiger partial charge < -0.3 is 0 Å². The van der Waals surface area contributed by atoms with Crippen LogP contribution in [0.15, 0.2) is 24.3 Å². The minimum atomic E-state index is -0.463. The van der Waals surface area contributed by atoms with Gasteiger partial charge >= 0.3 is 0 Å². The maximum atomic E-state index is 10.3. The molecule has 62 valence electrons. The SMILES string of the molecule is O=[N+]([O-])c1cccc(C(=S)S)c1. The van der Waals surface area contributed by atoms with Crippen LogP contribution in [0.1, 0.15) is 5.56 Å². The molecule has 0 spiro atoms. The van der Waals surface area contributed by atoms with E-state index in [2.05, 4.69) is 12.6 Å². The zero-order chi connectivity index (χ0) is 9.14.